The molecule has 2 aromatic rings. The van der Waals surface area contributed by atoms with E-state index < -0.39 is 6.10 Å². The Balaban J connectivity index is 1.19. The number of carbonyl (C=O) groups excluding carboxylic acids is 3. The van der Waals surface area contributed by atoms with Crippen LogP contribution in [0.1, 0.15) is 23.2 Å². The Morgan fingerprint density at radius 1 is 0.875 bits per heavy atom. The van der Waals surface area contributed by atoms with E-state index in [4.69, 9.17) is 9.47 Å². The van der Waals surface area contributed by atoms with Crippen LogP contribution in [0, 0.1) is 0 Å². The number of piperazine rings is 1. The largest absolute Gasteiger partial charge is 0.485 e. The standard InChI is InChI=1S/C24H25N3O5/c28-22-9-4-10-27(22)18-6-3-5-17(15-18)23(29)25-11-13-26(14-12-25)24(30)21-16-31-19-7-1-2-8-20(19)32-21/h1-3,5-8,15,21H,4,9-14,16H2/t21-/m1/s1. The minimum absolute atomic E-state index is 0.0863. The Bertz CT molecular complexity index is 1050. The van der Waals surface area contributed by atoms with Gasteiger partial charge in [0.1, 0.15) is 6.61 Å². The molecule has 5 rings (SSSR count). The lowest BCUT2D eigenvalue weighted by molar-refractivity contribution is -0.142. The second kappa shape index (κ2) is 8.53. The van der Waals surface area contributed by atoms with Crippen LogP contribution in [0.5, 0.6) is 11.5 Å². The molecule has 3 aliphatic heterocycles. The number of nitrogens with zero attached hydrogens (tertiary/aromatic N) is 3. The number of anilines is 1. The topological polar surface area (TPSA) is 79.4 Å². The summed E-state index contributed by atoms with van der Waals surface area (Å²) in [5, 5.41) is 0. The van der Waals surface area contributed by atoms with Gasteiger partial charge in [0.15, 0.2) is 11.5 Å². The van der Waals surface area contributed by atoms with E-state index >= 15 is 0 Å². The molecule has 0 aromatic heterocycles. The summed E-state index contributed by atoms with van der Waals surface area (Å²) in [6.07, 6.45) is 0.714. The van der Waals surface area contributed by atoms with Gasteiger partial charge in [-0.05, 0) is 36.8 Å². The van der Waals surface area contributed by atoms with E-state index in [9.17, 15) is 14.4 Å². The Kier molecular flexibility index (Phi) is 5.43. The summed E-state index contributed by atoms with van der Waals surface area (Å²) in [7, 11) is 0. The number of para-hydroxylation sites is 2. The molecule has 2 fully saturated rings. The highest BCUT2D eigenvalue weighted by Crippen LogP contribution is 2.31. The highest BCUT2D eigenvalue weighted by molar-refractivity contribution is 5.99. The van der Waals surface area contributed by atoms with Crippen molar-refractivity contribution in [3.63, 3.8) is 0 Å². The van der Waals surface area contributed by atoms with Gasteiger partial charge < -0.3 is 24.2 Å². The molecule has 0 aliphatic carbocycles. The average Bonchev–Trinajstić information content (AvgIpc) is 3.29. The van der Waals surface area contributed by atoms with E-state index in [2.05, 4.69) is 0 Å². The quantitative estimate of drug-likeness (QED) is 0.736. The van der Waals surface area contributed by atoms with Crippen LogP contribution in [0.4, 0.5) is 5.69 Å². The SMILES string of the molecule is O=C(c1cccc(N2CCCC2=O)c1)N1CCN(C(=O)[C@H]2COc3ccccc3O2)CC1. The molecule has 0 bridgehead atoms. The molecule has 0 spiro atoms. The molecule has 3 aliphatic rings. The van der Waals surface area contributed by atoms with Crippen molar-refractivity contribution in [3.05, 3.63) is 54.1 Å². The van der Waals surface area contributed by atoms with E-state index in [-0.39, 0.29) is 24.3 Å². The number of carbonyl (C=O) groups is 3. The van der Waals surface area contributed by atoms with Gasteiger partial charge in [0.25, 0.3) is 11.8 Å². The van der Waals surface area contributed by atoms with E-state index in [1.807, 2.05) is 30.3 Å². The number of fused-ring (bicyclic) bond motifs is 1. The van der Waals surface area contributed by atoms with Crippen LogP contribution in [-0.2, 0) is 9.59 Å². The molecule has 2 aromatic carbocycles. The first-order valence-electron chi connectivity index (χ1n) is 11.0. The van der Waals surface area contributed by atoms with Gasteiger partial charge in [-0.1, -0.05) is 18.2 Å². The number of amides is 3. The zero-order valence-electron chi connectivity index (χ0n) is 17.7. The van der Waals surface area contributed by atoms with Crippen LogP contribution in [0.15, 0.2) is 48.5 Å². The van der Waals surface area contributed by atoms with Crippen LogP contribution in [0.3, 0.4) is 0 Å². The zero-order chi connectivity index (χ0) is 22.1. The fourth-order valence-electron chi connectivity index (χ4n) is 4.39. The Labute approximate surface area is 186 Å². The summed E-state index contributed by atoms with van der Waals surface area (Å²) in [5.41, 5.74) is 1.32. The Morgan fingerprint density at radius 2 is 1.62 bits per heavy atom. The van der Waals surface area contributed by atoms with Gasteiger partial charge in [-0.15, -0.1) is 0 Å². The second-order valence-corrected chi connectivity index (χ2v) is 8.18. The number of hydrogen-bond donors (Lipinski definition) is 0. The van der Waals surface area contributed by atoms with E-state index in [0.717, 1.165) is 12.1 Å². The fraction of sp³-hybridized carbons (Fsp3) is 0.375. The predicted molar refractivity (Wildman–Crippen MR) is 117 cm³/mol. The zero-order valence-corrected chi connectivity index (χ0v) is 17.7. The van der Waals surface area contributed by atoms with Gasteiger partial charge in [0.2, 0.25) is 12.0 Å². The number of rotatable bonds is 3. The van der Waals surface area contributed by atoms with Crippen LogP contribution in [-0.4, -0.2) is 73.0 Å². The van der Waals surface area contributed by atoms with Crippen LogP contribution in [0.25, 0.3) is 0 Å². The van der Waals surface area contributed by atoms with Gasteiger partial charge in [-0.3, -0.25) is 14.4 Å². The molecule has 32 heavy (non-hydrogen) atoms. The van der Waals surface area contributed by atoms with Crippen LogP contribution >= 0.6 is 0 Å². The van der Waals surface area contributed by atoms with Crippen molar-refractivity contribution in [1.29, 1.82) is 0 Å². The molecule has 2 saturated heterocycles. The maximum Gasteiger partial charge on any atom is 0.267 e. The molecular formula is C24H25N3O5. The molecule has 8 heteroatoms. The molecule has 0 unspecified atom stereocenters. The molecule has 1 atom stereocenters. The Hall–Kier alpha value is -3.55. The lowest BCUT2D eigenvalue weighted by atomic mass is 10.1. The van der Waals surface area contributed by atoms with Gasteiger partial charge >= 0.3 is 0 Å². The maximum atomic E-state index is 13.0. The summed E-state index contributed by atoms with van der Waals surface area (Å²) in [6, 6.07) is 14.5. The van der Waals surface area contributed by atoms with Crippen LogP contribution < -0.4 is 14.4 Å². The lowest BCUT2D eigenvalue weighted by Gasteiger charge is -2.37. The first-order valence-corrected chi connectivity index (χ1v) is 11.0. The van der Waals surface area contributed by atoms with Crippen molar-refractivity contribution in [2.75, 3.05) is 44.2 Å². The van der Waals surface area contributed by atoms with Crippen molar-refractivity contribution in [2.24, 2.45) is 0 Å². The highest BCUT2D eigenvalue weighted by Gasteiger charge is 2.33. The first kappa shape index (κ1) is 20.4. The third-order valence-corrected chi connectivity index (χ3v) is 6.14. The van der Waals surface area contributed by atoms with Gasteiger partial charge in [0, 0.05) is 50.4 Å². The summed E-state index contributed by atoms with van der Waals surface area (Å²) < 4.78 is 11.5. The molecule has 8 nitrogen and oxygen atoms in total. The third-order valence-electron chi connectivity index (χ3n) is 6.14. The average molecular weight is 435 g/mol. The van der Waals surface area contributed by atoms with Crippen LogP contribution in [0.2, 0.25) is 0 Å². The van der Waals surface area contributed by atoms with Crippen molar-refractivity contribution in [3.8, 4) is 11.5 Å². The van der Waals surface area contributed by atoms with Crippen molar-refractivity contribution in [2.45, 2.75) is 18.9 Å². The normalized spacial score (nSPS) is 20.4. The number of ether oxygens (including phenoxy) is 2. The number of hydrogen-bond acceptors (Lipinski definition) is 5. The predicted octanol–water partition coefficient (Wildman–Crippen LogP) is 1.94. The monoisotopic (exact) mass is 435 g/mol. The molecule has 0 radical (unpaired) electrons. The minimum atomic E-state index is -0.679. The third kappa shape index (κ3) is 3.88. The van der Waals surface area contributed by atoms with E-state index in [0.29, 0.717) is 56.2 Å². The van der Waals surface area contributed by atoms with Gasteiger partial charge in [-0.2, -0.15) is 0 Å². The lowest BCUT2D eigenvalue weighted by Crippen LogP contribution is -2.55. The summed E-state index contributed by atoms with van der Waals surface area (Å²) in [6.45, 7) is 2.64. The number of benzene rings is 2. The molecule has 0 N–H and O–H groups in total. The second-order valence-electron chi connectivity index (χ2n) is 8.18. The molecule has 166 valence electrons. The van der Waals surface area contributed by atoms with E-state index in [1.165, 1.54) is 0 Å². The molecule has 3 amide bonds. The van der Waals surface area contributed by atoms with Gasteiger partial charge in [0.05, 0.1) is 0 Å². The van der Waals surface area contributed by atoms with Crippen molar-refractivity contribution in [1.82, 2.24) is 9.80 Å². The molecular weight excluding hydrogens is 410 g/mol. The molecule has 3 heterocycles. The van der Waals surface area contributed by atoms with Crippen molar-refractivity contribution >= 4 is 23.4 Å². The fourth-order valence-corrected chi connectivity index (χ4v) is 4.39. The summed E-state index contributed by atoms with van der Waals surface area (Å²) >= 11 is 0. The Morgan fingerprint density at radius 3 is 2.38 bits per heavy atom. The first-order chi connectivity index (χ1) is 15.6. The van der Waals surface area contributed by atoms with Crippen molar-refractivity contribution < 1.29 is 23.9 Å². The van der Waals surface area contributed by atoms with E-state index in [1.54, 1.807) is 32.9 Å². The highest BCUT2D eigenvalue weighted by atomic mass is 16.6. The molecule has 0 saturated carbocycles. The minimum Gasteiger partial charge on any atom is -0.485 e. The smallest absolute Gasteiger partial charge is 0.267 e. The maximum absolute atomic E-state index is 13.0. The van der Waals surface area contributed by atoms with Gasteiger partial charge in [-0.25, -0.2) is 0 Å². The summed E-state index contributed by atoms with van der Waals surface area (Å²) in [5.74, 6) is 1.10. The summed E-state index contributed by atoms with van der Waals surface area (Å²) in [4.78, 5) is 43.2.